The molecule has 7 heteroatoms. The lowest BCUT2D eigenvalue weighted by atomic mass is 10.3. The van der Waals surface area contributed by atoms with Crippen LogP contribution >= 0.6 is 0 Å². The van der Waals surface area contributed by atoms with Crippen molar-refractivity contribution in [2.45, 2.75) is 33.4 Å². The van der Waals surface area contributed by atoms with Gasteiger partial charge in [0.05, 0.1) is 13.7 Å². The Morgan fingerprint density at radius 2 is 2.12 bits per heavy atom. The maximum absolute atomic E-state index is 11.5. The first-order valence-corrected chi connectivity index (χ1v) is 5.17. The van der Waals surface area contributed by atoms with Gasteiger partial charge < -0.3 is 10.1 Å². The fraction of sp³-hybridized carbons (Fsp3) is 0.600. The average molecular weight is 240 g/mol. The molecule has 1 amide bonds. The quantitative estimate of drug-likeness (QED) is 0.722. The van der Waals surface area contributed by atoms with E-state index in [0.717, 1.165) is 0 Å². The van der Waals surface area contributed by atoms with Gasteiger partial charge in [-0.1, -0.05) is 0 Å². The van der Waals surface area contributed by atoms with Crippen LogP contribution in [0.3, 0.4) is 0 Å². The molecule has 1 N–H and O–H groups in total. The van der Waals surface area contributed by atoms with E-state index in [2.05, 4.69) is 20.1 Å². The summed E-state index contributed by atoms with van der Waals surface area (Å²) in [6, 6.07) is -0.753. The number of carbonyl (C=O) groups is 2. The van der Waals surface area contributed by atoms with E-state index in [-0.39, 0.29) is 12.5 Å². The van der Waals surface area contributed by atoms with Gasteiger partial charge in [0.25, 0.3) is 0 Å². The molecule has 1 unspecified atom stereocenters. The number of hydrogen-bond acceptors (Lipinski definition) is 5. The molecule has 0 aliphatic heterocycles. The monoisotopic (exact) mass is 240 g/mol. The summed E-state index contributed by atoms with van der Waals surface area (Å²) in [7, 11) is 1.27. The highest BCUT2D eigenvalue weighted by atomic mass is 16.5. The first-order chi connectivity index (χ1) is 7.93. The third-order valence-corrected chi connectivity index (χ3v) is 2.18. The van der Waals surface area contributed by atoms with E-state index in [0.29, 0.717) is 11.6 Å². The van der Waals surface area contributed by atoms with E-state index >= 15 is 0 Å². The topological polar surface area (TPSA) is 86.1 Å². The molecule has 1 heterocycles. The second kappa shape index (κ2) is 5.42. The number of nitrogens with one attached hydrogen (secondary N) is 1. The molecule has 0 spiro atoms. The van der Waals surface area contributed by atoms with Crippen molar-refractivity contribution in [1.29, 1.82) is 0 Å². The molecule has 0 aromatic carbocycles. The number of rotatable bonds is 4. The van der Waals surface area contributed by atoms with Gasteiger partial charge in [0.1, 0.15) is 17.7 Å². The first kappa shape index (κ1) is 13.1. The van der Waals surface area contributed by atoms with Crippen LogP contribution < -0.4 is 5.32 Å². The van der Waals surface area contributed by atoms with Crippen LogP contribution in [0.4, 0.5) is 0 Å². The van der Waals surface area contributed by atoms with Gasteiger partial charge in [0, 0.05) is 6.92 Å². The molecule has 0 aliphatic carbocycles. The van der Waals surface area contributed by atoms with E-state index in [1.165, 1.54) is 14.0 Å². The Morgan fingerprint density at radius 1 is 1.47 bits per heavy atom. The summed E-state index contributed by atoms with van der Waals surface area (Å²) >= 11 is 0. The minimum Gasteiger partial charge on any atom is -0.467 e. The van der Waals surface area contributed by atoms with E-state index in [1.54, 1.807) is 18.5 Å². The number of amides is 1. The van der Waals surface area contributed by atoms with Crippen LogP contribution in [0.25, 0.3) is 0 Å². The van der Waals surface area contributed by atoms with Crippen molar-refractivity contribution >= 4 is 11.9 Å². The van der Waals surface area contributed by atoms with Crippen molar-refractivity contribution < 1.29 is 14.3 Å². The number of ether oxygens (including phenoxy) is 1. The van der Waals surface area contributed by atoms with Crippen LogP contribution in [0.5, 0.6) is 0 Å². The molecule has 1 rings (SSSR count). The Bertz CT molecular complexity index is 427. The summed E-state index contributed by atoms with van der Waals surface area (Å²) in [6.07, 6.45) is 0. The summed E-state index contributed by atoms with van der Waals surface area (Å²) in [6.45, 7) is 5.09. The molecule has 0 aliphatic rings. The lowest BCUT2D eigenvalue weighted by molar-refractivity contribution is -0.145. The number of hydrogen-bond donors (Lipinski definition) is 1. The second-order valence-electron chi connectivity index (χ2n) is 3.66. The van der Waals surface area contributed by atoms with E-state index in [4.69, 9.17) is 0 Å². The van der Waals surface area contributed by atoms with Crippen LogP contribution in [0.1, 0.15) is 18.6 Å². The highest BCUT2D eigenvalue weighted by Crippen LogP contribution is 2.00. The molecule has 1 atom stereocenters. The fourth-order valence-corrected chi connectivity index (χ4v) is 1.47. The standard InChI is InChI=1S/C10H16N4O3/c1-6-11-7(2)14(13-6)5-9(10(16)17-4)12-8(3)15/h9H,5H2,1-4H3,(H,12,15). The Balaban J connectivity index is 2.82. The van der Waals surface area contributed by atoms with Gasteiger partial charge in [0.15, 0.2) is 0 Å². The van der Waals surface area contributed by atoms with Crippen molar-refractivity contribution in [3.63, 3.8) is 0 Å². The SMILES string of the molecule is COC(=O)C(Cn1nc(C)nc1C)NC(C)=O. The van der Waals surface area contributed by atoms with Crippen molar-refractivity contribution in [3.8, 4) is 0 Å². The predicted octanol–water partition coefficient (Wildman–Crippen LogP) is -0.427. The van der Waals surface area contributed by atoms with E-state index in [9.17, 15) is 9.59 Å². The Kier molecular flexibility index (Phi) is 4.19. The fourth-order valence-electron chi connectivity index (χ4n) is 1.47. The Morgan fingerprint density at radius 3 is 2.53 bits per heavy atom. The number of methoxy groups -OCH3 is 1. The third-order valence-electron chi connectivity index (χ3n) is 2.18. The lowest BCUT2D eigenvalue weighted by Gasteiger charge is -2.15. The number of nitrogens with zero attached hydrogens (tertiary/aromatic N) is 3. The molecule has 0 bridgehead atoms. The number of carbonyl (C=O) groups excluding carboxylic acids is 2. The predicted molar refractivity (Wildman–Crippen MR) is 59.1 cm³/mol. The molecule has 94 valence electrons. The van der Waals surface area contributed by atoms with Crippen LogP contribution in [0.2, 0.25) is 0 Å². The smallest absolute Gasteiger partial charge is 0.330 e. The number of esters is 1. The third kappa shape index (κ3) is 3.54. The molecular weight excluding hydrogens is 224 g/mol. The van der Waals surface area contributed by atoms with Gasteiger partial charge in [-0.15, -0.1) is 0 Å². The zero-order valence-corrected chi connectivity index (χ0v) is 10.4. The van der Waals surface area contributed by atoms with E-state index in [1.807, 2.05) is 0 Å². The highest BCUT2D eigenvalue weighted by molar-refractivity contribution is 5.83. The van der Waals surface area contributed by atoms with Gasteiger partial charge >= 0.3 is 5.97 Å². The van der Waals surface area contributed by atoms with Crippen LogP contribution in [-0.2, 0) is 20.9 Å². The Labute approximate surface area is 99.2 Å². The first-order valence-electron chi connectivity index (χ1n) is 5.17. The molecular formula is C10H16N4O3. The van der Waals surface area contributed by atoms with Crippen molar-refractivity contribution in [3.05, 3.63) is 11.6 Å². The zero-order chi connectivity index (χ0) is 13.0. The minimum absolute atomic E-state index is 0.207. The average Bonchev–Trinajstić information content (AvgIpc) is 2.54. The van der Waals surface area contributed by atoms with Crippen LogP contribution in [-0.4, -0.2) is 39.8 Å². The number of aryl methyl sites for hydroxylation is 2. The lowest BCUT2D eigenvalue weighted by Crippen LogP contribution is -2.43. The second-order valence-corrected chi connectivity index (χ2v) is 3.66. The largest absolute Gasteiger partial charge is 0.467 e. The molecule has 0 fully saturated rings. The van der Waals surface area contributed by atoms with Gasteiger partial charge in [-0.05, 0) is 13.8 Å². The van der Waals surface area contributed by atoms with Crippen LogP contribution in [0.15, 0.2) is 0 Å². The molecule has 1 aromatic heterocycles. The van der Waals surface area contributed by atoms with Crippen molar-refractivity contribution in [2.75, 3.05) is 7.11 Å². The molecule has 0 radical (unpaired) electrons. The summed E-state index contributed by atoms with van der Waals surface area (Å²) in [4.78, 5) is 26.6. The number of aromatic nitrogens is 3. The van der Waals surface area contributed by atoms with E-state index < -0.39 is 12.0 Å². The van der Waals surface area contributed by atoms with Gasteiger partial charge in [-0.2, -0.15) is 5.10 Å². The summed E-state index contributed by atoms with van der Waals surface area (Å²) in [5, 5.41) is 6.63. The molecule has 7 nitrogen and oxygen atoms in total. The van der Waals surface area contributed by atoms with Crippen molar-refractivity contribution in [2.24, 2.45) is 0 Å². The minimum atomic E-state index is -0.753. The molecule has 1 aromatic rings. The normalized spacial score (nSPS) is 12.0. The maximum Gasteiger partial charge on any atom is 0.330 e. The van der Waals surface area contributed by atoms with Crippen LogP contribution in [0, 0.1) is 13.8 Å². The molecule has 0 saturated heterocycles. The molecule has 0 saturated carbocycles. The maximum atomic E-state index is 11.5. The summed E-state index contributed by atoms with van der Waals surface area (Å²) in [5.41, 5.74) is 0. The summed E-state index contributed by atoms with van der Waals surface area (Å²) in [5.74, 6) is 0.498. The van der Waals surface area contributed by atoms with Gasteiger partial charge in [-0.25, -0.2) is 14.5 Å². The summed E-state index contributed by atoms with van der Waals surface area (Å²) < 4.78 is 6.18. The molecule has 17 heavy (non-hydrogen) atoms. The zero-order valence-electron chi connectivity index (χ0n) is 10.4. The highest BCUT2D eigenvalue weighted by Gasteiger charge is 2.22. The van der Waals surface area contributed by atoms with Crippen molar-refractivity contribution in [1.82, 2.24) is 20.1 Å². The van der Waals surface area contributed by atoms with Gasteiger partial charge in [-0.3, -0.25) is 4.79 Å². The van der Waals surface area contributed by atoms with Gasteiger partial charge in [0.2, 0.25) is 5.91 Å². The Hall–Kier alpha value is -1.92.